The Morgan fingerprint density at radius 1 is 0.920 bits per heavy atom. The summed E-state index contributed by atoms with van der Waals surface area (Å²) in [6.45, 7) is 0. The zero-order valence-corrected chi connectivity index (χ0v) is 13.3. The van der Waals surface area contributed by atoms with Crippen molar-refractivity contribution < 1.29 is 4.79 Å². The summed E-state index contributed by atoms with van der Waals surface area (Å²) < 4.78 is 0. The van der Waals surface area contributed by atoms with Gasteiger partial charge in [0, 0.05) is 0 Å². The maximum absolute atomic E-state index is 12.0. The highest BCUT2D eigenvalue weighted by molar-refractivity contribution is 5.91. The molecular formula is C19H15N5O. The average molecular weight is 329 g/mol. The van der Waals surface area contributed by atoms with E-state index in [9.17, 15) is 4.79 Å². The van der Waals surface area contributed by atoms with E-state index in [1.807, 2.05) is 36.4 Å². The number of hydrogen-bond acceptors (Lipinski definition) is 5. The van der Waals surface area contributed by atoms with Gasteiger partial charge in [0.1, 0.15) is 6.07 Å². The van der Waals surface area contributed by atoms with Crippen molar-refractivity contribution in [2.75, 3.05) is 10.6 Å². The lowest BCUT2D eigenvalue weighted by Gasteiger charge is -2.08. The Hall–Kier alpha value is -3.72. The first-order valence-electron chi connectivity index (χ1n) is 7.68. The summed E-state index contributed by atoms with van der Waals surface area (Å²) in [5.74, 6) is 0.708. The molecule has 0 aliphatic rings. The van der Waals surface area contributed by atoms with E-state index in [0.717, 1.165) is 5.56 Å². The van der Waals surface area contributed by atoms with Crippen molar-refractivity contribution in [2.24, 2.45) is 0 Å². The highest BCUT2D eigenvalue weighted by Crippen LogP contribution is 2.18. The number of benzene rings is 2. The van der Waals surface area contributed by atoms with Crippen molar-refractivity contribution in [2.45, 2.75) is 6.42 Å². The zero-order chi connectivity index (χ0) is 17.5. The SMILES string of the molecule is N#Cc1ccccc1Nc1ccc(NC(=O)Cc2ccccc2)nn1. The summed E-state index contributed by atoms with van der Waals surface area (Å²) in [5.41, 5.74) is 2.10. The van der Waals surface area contributed by atoms with Gasteiger partial charge in [-0.05, 0) is 29.8 Å². The van der Waals surface area contributed by atoms with Gasteiger partial charge in [-0.15, -0.1) is 10.2 Å². The number of amides is 1. The molecule has 3 aromatic rings. The average Bonchev–Trinajstić information content (AvgIpc) is 2.64. The molecule has 0 atom stereocenters. The first-order valence-corrected chi connectivity index (χ1v) is 7.68. The molecule has 0 saturated heterocycles. The molecular weight excluding hydrogens is 314 g/mol. The van der Waals surface area contributed by atoms with Crippen LogP contribution in [-0.2, 0) is 11.2 Å². The molecule has 1 amide bonds. The van der Waals surface area contributed by atoms with E-state index in [1.54, 1.807) is 30.3 Å². The molecule has 122 valence electrons. The van der Waals surface area contributed by atoms with Gasteiger partial charge in [0.2, 0.25) is 5.91 Å². The topological polar surface area (TPSA) is 90.7 Å². The summed E-state index contributed by atoms with van der Waals surface area (Å²) in [6.07, 6.45) is 0.276. The summed E-state index contributed by atoms with van der Waals surface area (Å²) in [6, 6.07) is 22.1. The van der Waals surface area contributed by atoms with Crippen molar-refractivity contribution in [3.63, 3.8) is 0 Å². The number of hydrogen-bond donors (Lipinski definition) is 2. The molecule has 2 N–H and O–H groups in total. The molecule has 0 bridgehead atoms. The number of anilines is 3. The molecule has 6 nitrogen and oxygen atoms in total. The molecule has 0 aliphatic carbocycles. The smallest absolute Gasteiger partial charge is 0.229 e. The quantitative estimate of drug-likeness (QED) is 0.749. The van der Waals surface area contributed by atoms with Crippen molar-refractivity contribution in [3.8, 4) is 6.07 Å². The Kier molecular flexibility index (Phi) is 4.98. The fourth-order valence-corrected chi connectivity index (χ4v) is 2.26. The number of aromatic nitrogens is 2. The van der Waals surface area contributed by atoms with E-state index in [2.05, 4.69) is 26.9 Å². The van der Waals surface area contributed by atoms with E-state index in [0.29, 0.717) is 22.9 Å². The monoisotopic (exact) mass is 329 g/mol. The molecule has 0 unspecified atom stereocenters. The number of nitrogens with one attached hydrogen (secondary N) is 2. The second-order valence-electron chi connectivity index (χ2n) is 5.30. The van der Waals surface area contributed by atoms with Crippen LogP contribution in [0.15, 0.2) is 66.7 Å². The third kappa shape index (κ3) is 4.39. The number of nitrogens with zero attached hydrogens (tertiary/aromatic N) is 3. The minimum atomic E-state index is -0.156. The molecule has 0 spiro atoms. The van der Waals surface area contributed by atoms with Crippen molar-refractivity contribution in [3.05, 3.63) is 77.9 Å². The van der Waals surface area contributed by atoms with Crippen molar-refractivity contribution >= 4 is 23.2 Å². The van der Waals surface area contributed by atoms with Crippen LogP contribution in [0.25, 0.3) is 0 Å². The lowest BCUT2D eigenvalue weighted by molar-refractivity contribution is -0.115. The van der Waals surface area contributed by atoms with E-state index < -0.39 is 0 Å². The second-order valence-corrected chi connectivity index (χ2v) is 5.30. The molecule has 0 aliphatic heterocycles. The van der Waals surface area contributed by atoms with E-state index in [-0.39, 0.29) is 12.3 Å². The predicted molar refractivity (Wildman–Crippen MR) is 95.2 cm³/mol. The van der Waals surface area contributed by atoms with Crippen molar-refractivity contribution in [1.82, 2.24) is 10.2 Å². The number of carbonyl (C=O) groups is 1. The molecule has 0 fully saturated rings. The number of para-hydroxylation sites is 1. The minimum absolute atomic E-state index is 0.156. The van der Waals surface area contributed by atoms with Crippen LogP contribution in [0, 0.1) is 11.3 Å². The fourth-order valence-electron chi connectivity index (χ4n) is 2.26. The first kappa shape index (κ1) is 16.1. The van der Waals surface area contributed by atoms with Gasteiger partial charge in [0.05, 0.1) is 17.7 Å². The Morgan fingerprint density at radius 3 is 2.32 bits per heavy atom. The minimum Gasteiger partial charge on any atom is -0.338 e. The summed E-state index contributed by atoms with van der Waals surface area (Å²) in [5, 5.41) is 22.8. The van der Waals surface area contributed by atoms with Crippen LogP contribution in [0.1, 0.15) is 11.1 Å². The summed E-state index contributed by atoms with van der Waals surface area (Å²) in [7, 11) is 0. The highest BCUT2D eigenvalue weighted by Gasteiger charge is 2.06. The van der Waals surface area contributed by atoms with E-state index >= 15 is 0 Å². The number of carbonyl (C=O) groups excluding carboxylic acids is 1. The van der Waals surface area contributed by atoms with Crippen LogP contribution in [0.3, 0.4) is 0 Å². The van der Waals surface area contributed by atoms with Gasteiger partial charge in [-0.1, -0.05) is 42.5 Å². The predicted octanol–water partition coefficient (Wildman–Crippen LogP) is 3.27. The van der Waals surface area contributed by atoms with Crippen LogP contribution in [-0.4, -0.2) is 16.1 Å². The van der Waals surface area contributed by atoms with Crippen LogP contribution in [0.4, 0.5) is 17.3 Å². The van der Waals surface area contributed by atoms with Gasteiger partial charge < -0.3 is 10.6 Å². The number of nitriles is 1. The van der Waals surface area contributed by atoms with Gasteiger partial charge in [-0.2, -0.15) is 5.26 Å². The summed E-state index contributed by atoms with van der Waals surface area (Å²) in [4.78, 5) is 12.0. The Labute approximate surface area is 145 Å². The Morgan fingerprint density at radius 2 is 1.60 bits per heavy atom. The lowest BCUT2D eigenvalue weighted by Crippen LogP contribution is -2.15. The van der Waals surface area contributed by atoms with Crippen molar-refractivity contribution in [1.29, 1.82) is 5.26 Å². The Balaban J connectivity index is 1.62. The van der Waals surface area contributed by atoms with Gasteiger partial charge >= 0.3 is 0 Å². The third-order valence-electron chi connectivity index (χ3n) is 3.45. The molecule has 25 heavy (non-hydrogen) atoms. The largest absolute Gasteiger partial charge is 0.338 e. The standard InChI is InChI=1S/C19H15N5O/c20-13-15-8-4-5-9-16(15)21-17-10-11-18(24-23-17)22-19(25)12-14-6-2-1-3-7-14/h1-11H,12H2,(H,21,23)(H,22,24,25). The van der Waals surface area contributed by atoms with Crippen LogP contribution >= 0.6 is 0 Å². The maximum atomic E-state index is 12.0. The lowest BCUT2D eigenvalue weighted by atomic mass is 10.1. The highest BCUT2D eigenvalue weighted by atomic mass is 16.1. The van der Waals surface area contributed by atoms with Crippen LogP contribution < -0.4 is 10.6 Å². The molecule has 1 heterocycles. The van der Waals surface area contributed by atoms with Crippen LogP contribution in [0.5, 0.6) is 0 Å². The fraction of sp³-hybridized carbons (Fsp3) is 0.0526. The first-order chi connectivity index (χ1) is 12.2. The van der Waals surface area contributed by atoms with E-state index in [4.69, 9.17) is 5.26 Å². The van der Waals surface area contributed by atoms with Gasteiger partial charge in [0.15, 0.2) is 11.6 Å². The van der Waals surface area contributed by atoms with Gasteiger partial charge in [0.25, 0.3) is 0 Å². The van der Waals surface area contributed by atoms with Gasteiger partial charge in [-0.25, -0.2) is 0 Å². The molecule has 3 rings (SSSR count). The van der Waals surface area contributed by atoms with Crippen LogP contribution in [0.2, 0.25) is 0 Å². The second kappa shape index (κ2) is 7.70. The molecule has 0 radical (unpaired) electrons. The molecule has 6 heteroatoms. The van der Waals surface area contributed by atoms with E-state index in [1.165, 1.54) is 0 Å². The number of rotatable bonds is 5. The van der Waals surface area contributed by atoms with Gasteiger partial charge in [-0.3, -0.25) is 4.79 Å². The molecule has 2 aromatic carbocycles. The summed E-state index contributed by atoms with van der Waals surface area (Å²) >= 11 is 0. The maximum Gasteiger partial charge on any atom is 0.229 e. The molecule has 0 saturated carbocycles. The third-order valence-corrected chi connectivity index (χ3v) is 3.45. The zero-order valence-electron chi connectivity index (χ0n) is 13.3. The normalized spacial score (nSPS) is 9.88. The molecule has 1 aromatic heterocycles. The Bertz CT molecular complexity index is 901.